The predicted octanol–water partition coefficient (Wildman–Crippen LogP) is 4.18. The molecule has 0 aliphatic carbocycles. The second-order valence-electron chi connectivity index (χ2n) is 8.82. The Labute approximate surface area is 186 Å². The number of amides is 1. The molecule has 1 atom stereocenters. The van der Waals surface area contributed by atoms with Crippen LogP contribution in [0.25, 0.3) is 11.1 Å². The van der Waals surface area contributed by atoms with Gasteiger partial charge in [0, 0.05) is 25.6 Å². The first-order valence-electron chi connectivity index (χ1n) is 11.6. The van der Waals surface area contributed by atoms with Crippen LogP contribution >= 0.6 is 0 Å². The fraction of sp³-hybridized carbons (Fsp3) is 0.440. The van der Waals surface area contributed by atoms with Crippen LogP contribution in [-0.2, 0) is 4.79 Å². The number of oxazole rings is 1. The van der Waals surface area contributed by atoms with Gasteiger partial charge in [-0.1, -0.05) is 18.2 Å². The molecule has 2 fully saturated rings. The van der Waals surface area contributed by atoms with Gasteiger partial charge in [-0.25, -0.2) is 0 Å². The Balaban J connectivity index is 1.13. The molecule has 0 radical (unpaired) electrons. The number of nitrogens with zero attached hydrogens (tertiary/aromatic N) is 3. The third-order valence-electron chi connectivity index (χ3n) is 6.88. The minimum Gasteiger partial charge on any atom is -0.486 e. The minimum atomic E-state index is 0.0495. The molecule has 7 heteroatoms. The van der Waals surface area contributed by atoms with Gasteiger partial charge in [0.15, 0.2) is 17.1 Å². The SMILES string of the molecule is O=C(C1CCN(c2nc3ccccc3o2)CC1)N1CCCC1c1ccc2c(c1)OCCO2. The van der Waals surface area contributed by atoms with Crippen LogP contribution in [0.15, 0.2) is 46.9 Å². The van der Waals surface area contributed by atoms with Crippen molar-refractivity contribution < 1.29 is 18.7 Å². The van der Waals surface area contributed by atoms with Crippen molar-refractivity contribution in [2.45, 2.75) is 31.7 Å². The summed E-state index contributed by atoms with van der Waals surface area (Å²) in [7, 11) is 0. The van der Waals surface area contributed by atoms with Gasteiger partial charge in [-0.15, -0.1) is 0 Å². The highest BCUT2D eigenvalue weighted by Crippen LogP contribution is 2.39. The fourth-order valence-corrected chi connectivity index (χ4v) is 5.19. The number of hydrogen-bond acceptors (Lipinski definition) is 6. The first-order chi connectivity index (χ1) is 15.8. The number of anilines is 1. The van der Waals surface area contributed by atoms with E-state index in [4.69, 9.17) is 13.9 Å². The Morgan fingerprint density at radius 3 is 2.59 bits per heavy atom. The number of carbonyl (C=O) groups is 1. The maximum absolute atomic E-state index is 13.5. The lowest BCUT2D eigenvalue weighted by molar-refractivity contribution is -0.137. The van der Waals surface area contributed by atoms with Crippen molar-refractivity contribution in [1.82, 2.24) is 9.88 Å². The van der Waals surface area contributed by atoms with Crippen molar-refractivity contribution in [3.8, 4) is 11.5 Å². The average Bonchev–Trinajstić information content (AvgIpc) is 3.51. The minimum absolute atomic E-state index is 0.0495. The van der Waals surface area contributed by atoms with Crippen molar-refractivity contribution in [1.29, 1.82) is 0 Å². The highest BCUT2D eigenvalue weighted by Gasteiger charge is 2.36. The summed E-state index contributed by atoms with van der Waals surface area (Å²) in [5.41, 5.74) is 2.82. The lowest BCUT2D eigenvalue weighted by Gasteiger charge is -2.34. The topological polar surface area (TPSA) is 68.0 Å². The van der Waals surface area contributed by atoms with Gasteiger partial charge in [0.1, 0.15) is 18.7 Å². The Morgan fingerprint density at radius 1 is 0.938 bits per heavy atom. The smallest absolute Gasteiger partial charge is 0.298 e. The van der Waals surface area contributed by atoms with E-state index in [0.29, 0.717) is 19.2 Å². The molecule has 1 unspecified atom stereocenters. The lowest BCUT2D eigenvalue weighted by atomic mass is 9.94. The predicted molar refractivity (Wildman–Crippen MR) is 120 cm³/mol. The zero-order valence-electron chi connectivity index (χ0n) is 18.0. The summed E-state index contributed by atoms with van der Waals surface area (Å²) in [6.07, 6.45) is 3.67. The molecule has 3 aliphatic heterocycles. The highest BCUT2D eigenvalue weighted by molar-refractivity contribution is 5.80. The number of aromatic nitrogens is 1. The quantitative estimate of drug-likeness (QED) is 0.617. The van der Waals surface area contributed by atoms with E-state index in [1.165, 1.54) is 0 Å². The standard InChI is InChI=1S/C25H27N3O4/c29-24(17-9-12-27(13-10-17)25-26-19-4-1-2-6-21(19)32-25)28-11-3-5-20(28)18-7-8-22-23(16-18)31-15-14-30-22/h1-2,4,6-8,16-17,20H,3,5,9-15H2. The normalized spacial score (nSPS) is 21.3. The Morgan fingerprint density at radius 2 is 1.75 bits per heavy atom. The Kier molecular flexibility index (Phi) is 4.89. The van der Waals surface area contributed by atoms with Crippen LogP contribution in [0.3, 0.4) is 0 Å². The number of fused-ring (bicyclic) bond motifs is 2. The molecule has 4 heterocycles. The number of para-hydroxylation sites is 2. The number of carbonyl (C=O) groups excluding carboxylic acids is 1. The van der Waals surface area contributed by atoms with Crippen LogP contribution in [0, 0.1) is 5.92 Å². The van der Waals surface area contributed by atoms with Crippen LogP contribution in [0.1, 0.15) is 37.3 Å². The van der Waals surface area contributed by atoms with Gasteiger partial charge in [0.05, 0.1) is 6.04 Å². The van der Waals surface area contributed by atoms with Crippen molar-refractivity contribution >= 4 is 23.0 Å². The molecule has 3 aliphatic rings. The molecule has 6 rings (SSSR count). The van der Waals surface area contributed by atoms with Gasteiger partial charge < -0.3 is 23.7 Å². The Hall–Kier alpha value is -3.22. The summed E-state index contributed by atoms with van der Waals surface area (Å²) in [5, 5.41) is 0. The van der Waals surface area contributed by atoms with E-state index in [1.807, 2.05) is 30.3 Å². The summed E-state index contributed by atoms with van der Waals surface area (Å²) in [5.74, 6) is 1.91. The summed E-state index contributed by atoms with van der Waals surface area (Å²) in [4.78, 5) is 22.3. The van der Waals surface area contributed by atoms with Crippen LogP contribution in [-0.4, -0.2) is 48.6 Å². The van der Waals surface area contributed by atoms with Gasteiger partial charge >= 0.3 is 0 Å². The van der Waals surface area contributed by atoms with E-state index in [9.17, 15) is 4.79 Å². The molecule has 1 aromatic heterocycles. The molecule has 2 aromatic carbocycles. The van der Waals surface area contributed by atoms with Gasteiger partial charge in [-0.2, -0.15) is 4.98 Å². The van der Waals surface area contributed by atoms with E-state index < -0.39 is 0 Å². The number of piperidine rings is 1. The van der Waals surface area contributed by atoms with E-state index in [-0.39, 0.29) is 17.9 Å². The highest BCUT2D eigenvalue weighted by atomic mass is 16.6. The average molecular weight is 434 g/mol. The molecule has 32 heavy (non-hydrogen) atoms. The molecule has 1 amide bonds. The van der Waals surface area contributed by atoms with Crippen LogP contribution in [0.5, 0.6) is 11.5 Å². The summed E-state index contributed by atoms with van der Waals surface area (Å²) in [6.45, 7) is 3.55. The van der Waals surface area contributed by atoms with Crippen molar-refractivity contribution in [2.75, 3.05) is 37.7 Å². The lowest BCUT2D eigenvalue weighted by Crippen LogP contribution is -2.42. The molecule has 3 aromatic rings. The molecular formula is C25H27N3O4. The van der Waals surface area contributed by atoms with Gasteiger partial charge in [0.2, 0.25) is 5.91 Å². The number of hydrogen-bond donors (Lipinski definition) is 0. The number of benzene rings is 2. The fourth-order valence-electron chi connectivity index (χ4n) is 5.19. The van der Waals surface area contributed by atoms with Crippen LogP contribution in [0.4, 0.5) is 6.01 Å². The van der Waals surface area contributed by atoms with Gasteiger partial charge in [0.25, 0.3) is 6.01 Å². The zero-order chi connectivity index (χ0) is 21.5. The monoisotopic (exact) mass is 433 g/mol. The van der Waals surface area contributed by atoms with E-state index in [2.05, 4.69) is 26.9 Å². The molecule has 7 nitrogen and oxygen atoms in total. The maximum atomic E-state index is 13.5. The van der Waals surface area contributed by atoms with E-state index in [0.717, 1.165) is 73.5 Å². The van der Waals surface area contributed by atoms with Crippen molar-refractivity contribution in [2.24, 2.45) is 5.92 Å². The summed E-state index contributed by atoms with van der Waals surface area (Å²) in [6, 6.07) is 14.7. The number of ether oxygens (including phenoxy) is 2. The van der Waals surface area contributed by atoms with E-state index >= 15 is 0 Å². The molecule has 166 valence electrons. The van der Waals surface area contributed by atoms with Crippen LogP contribution < -0.4 is 14.4 Å². The molecule has 0 spiro atoms. The maximum Gasteiger partial charge on any atom is 0.298 e. The summed E-state index contributed by atoms with van der Waals surface area (Å²) >= 11 is 0. The molecule has 0 bridgehead atoms. The molecule has 0 N–H and O–H groups in total. The molecular weight excluding hydrogens is 406 g/mol. The second-order valence-corrected chi connectivity index (χ2v) is 8.82. The van der Waals surface area contributed by atoms with Gasteiger partial charge in [-0.05, 0) is 55.5 Å². The van der Waals surface area contributed by atoms with Crippen LogP contribution in [0.2, 0.25) is 0 Å². The largest absolute Gasteiger partial charge is 0.486 e. The zero-order valence-corrected chi connectivity index (χ0v) is 18.0. The second kappa shape index (κ2) is 8.04. The first-order valence-corrected chi connectivity index (χ1v) is 11.6. The number of rotatable bonds is 3. The summed E-state index contributed by atoms with van der Waals surface area (Å²) < 4.78 is 17.3. The van der Waals surface area contributed by atoms with Crippen molar-refractivity contribution in [3.63, 3.8) is 0 Å². The number of likely N-dealkylation sites (tertiary alicyclic amines) is 1. The van der Waals surface area contributed by atoms with E-state index in [1.54, 1.807) is 0 Å². The third-order valence-corrected chi connectivity index (χ3v) is 6.88. The first kappa shape index (κ1) is 19.5. The molecule has 0 saturated carbocycles. The third kappa shape index (κ3) is 3.45. The molecule has 2 saturated heterocycles. The van der Waals surface area contributed by atoms with Crippen molar-refractivity contribution in [3.05, 3.63) is 48.0 Å². The van der Waals surface area contributed by atoms with Gasteiger partial charge in [-0.3, -0.25) is 4.79 Å². The Bertz CT molecular complexity index is 1100.